The summed E-state index contributed by atoms with van der Waals surface area (Å²) in [4.78, 5) is 14.8. The van der Waals surface area contributed by atoms with Crippen molar-refractivity contribution in [3.8, 4) is 0 Å². The maximum atomic E-state index is 13.3. The van der Waals surface area contributed by atoms with Gasteiger partial charge in [-0.05, 0) is 72.3 Å². The first-order chi connectivity index (χ1) is 12.0. The predicted octanol–water partition coefficient (Wildman–Crippen LogP) is 3.92. The van der Waals surface area contributed by atoms with E-state index in [0.29, 0.717) is 5.11 Å². The lowest BCUT2D eigenvalue weighted by Gasteiger charge is -2.30. The molecule has 3 nitrogen and oxygen atoms in total. The Hall–Kier alpha value is -1.72. The number of hydrogen-bond acceptors (Lipinski definition) is 2. The molecule has 2 aliphatic rings. The molecule has 1 unspecified atom stereocenters. The maximum absolute atomic E-state index is 13.3. The van der Waals surface area contributed by atoms with Gasteiger partial charge in [0.15, 0.2) is 10.7 Å². The van der Waals surface area contributed by atoms with Gasteiger partial charge in [-0.25, -0.2) is 0 Å². The first-order valence-corrected chi connectivity index (χ1v) is 9.71. The van der Waals surface area contributed by atoms with Crippen molar-refractivity contribution in [2.45, 2.75) is 31.2 Å². The zero-order valence-corrected chi connectivity index (χ0v) is 16.4. The highest BCUT2D eigenvalue weighted by Gasteiger charge is 2.51. The standard InChI is InChI=1S/C20H19BrN2OS/c1-23-18(24)20(22-19(23)25,15-7-4-8-17(21)12-15)16-10-9-13-5-2-3-6-14(13)11-16/h4,7-12H,2-3,5-6H2,1H3,(H,22,25). The minimum Gasteiger partial charge on any atom is -0.341 e. The van der Waals surface area contributed by atoms with E-state index < -0.39 is 5.54 Å². The van der Waals surface area contributed by atoms with Crippen molar-refractivity contribution in [1.82, 2.24) is 10.2 Å². The highest BCUT2D eigenvalue weighted by Crippen LogP contribution is 2.38. The maximum Gasteiger partial charge on any atom is 0.263 e. The van der Waals surface area contributed by atoms with Crippen molar-refractivity contribution in [2.75, 3.05) is 7.05 Å². The van der Waals surface area contributed by atoms with E-state index in [-0.39, 0.29) is 5.91 Å². The Morgan fingerprint density at radius 3 is 2.48 bits per heavy atom. The minimum atomic E-state index is -0.956. The molecule has 1 N–H and O–H groups in total. The van der Waals surface area contributed by atoms with Crippen LogP contribution in [-0.2, 0) is 23.2 Å². The van der Waals surface area contributed by atoms with E-state index in [0.717, 1.165) is 28.4 Å². The molecule has 2 aromatic rings. The van der Waals surface area contributed by atoms with Crippen LogP contribution in [0, 0.1) is 0 Å². The normalized spacial score (nSPS) is 22.7. The van der Waals surface area contributed by atoms with E-state index in [1.807, 2.05) is 24.3 Å². The molecular weight excluding hydrogens is 396 g/mol. The van der Waals surface area contributed by atoms with Gasteiger partial charge in [0, 0.05) is 11.5 Å². The smallest absolute Gasteiger partial charge is 0.263 e. The summed E-state index contributed by atoms with van der Waals surface area (Å²) in [5.74, 6) is -0.0358. The summed E-state index contributed by atoms with van der Waals surface area (Å²) in [6.07, 6.45) is 4.65. The second-order valence-electron chi connectivity index (χ2n) is 6.75. The van der Waals surface area contributed by atoms with Crippen LogP contribution >= 0.6 is 28.1 Å². The van der Waals surface area contributed by atoms with Crippen molar-refractivity contribution < 1.29 is 4.79 Å². The number of nitrogens with one attached hydrogen (secondary N) is 1. The first kappa shape index (κ1) is 16.7. The average molecular weight is 415 g/mol. The van der Waals surface area contributed by atoms with Crippen LogP contribution in [0.25, 0.3) is 0 Å². The van der Waals surface area contributed by atoms with Gasteiger partial charge in [0.2, 0.25) is 0 Å². The summed E-state index contributed by atoms with van der Waals surface area (Å²) in [6.45, 7) is 0. The van der Waals surface area contributed by atoms with Gasteiger partial charge < -0.3 is 5.32 Å². The molecule has 0 spiro atoms. The SMILES string of the molecule is CN1C(=O)C(c2cccc(Br)c2)(c2ccc3c(c2)CCCC3)NC1=S. The van der Waals surface area contributed by atoms with E-state index in [1.54, 1.807) is 7.05 Å². The summed E-state index contributed by atoms with van der Waals surface area (Å²) in [7, 11) is 1.73. The summed E-state index contributed by atoms with van der Waals surface area (Å²) in [5, 5.41) is 3.78. The van der Waals surface area contributed by atoms with Crippen molar-refractivity contribution in [2.24, 2.45) is 0 Å². The number of halogens is 1. The number of carbonyl (C=O) groups is 1. The minimum absolute atomic E-state index is 0.0358. The Morgan fingerprint density at radius 1 is 1.08 bits per heavy atom. The van der Waals surface area contributed by atoms with Gasteiger partial charge in [-0.1, -0.05) is 46.3 Å². The Morgan fingerprint density at radius 2 is 1.80 bits per heavy atom. The van der Waals surface area contributed by atoms with Crippen LogP contribution in [0.15, 0.2) is 46.9 Å². The Kier molecular flexibility index (Phi) is 4.16. The molecule has 1 saturated heterocycles. The molecule has 1 heterocycles. The van der Waals surface area contributed by atoms with E-state index in [1.165, 1.54) is 28.9 Å². The van der Waals surface area contributed by atoms with Crippen LogP contribution in [-0.4, -0.2) is 23.0 Å². The van der Waals surface area contributed by atoms with Gasteiger partial charge in [0.1, 0.15) is 0 Å². The molecule has 0 saturated carbocycles. The lowest BCUT2D eigenvalue weighted by atomic mass is 9.79. The Balaban J connectivity index is 1.93. The number of rotatable bonds is 2. The molecular formula is C20H19BrN2OS. The number of likely N-dealkylation sites (N-methyl/N-ethyl adjacent to an activating group) is 1. The van der Waals surface area contributed by atoms with Crippen molar-refractivity contribution in [3.63, 3.8) is 0 Å². The third-order valence-electron chi connectivity index (χ3n) is 5.26. The number of hydrogen-bond donors (Lipinski definition) is 1. The number of amides is 1. The number of benzene rings is 2. The van der Waals surface area contributed by atoms with E-state index in [9.17, 15) is 4.79 Å². The summed E-state index contributed by atoms with van der Waals surface area (Å²) in [5.41, 5.74) is 3.66. The van der Waals surface area contributed by atoms with Gasteiger partial charge in [-0.3, -0.25) is 9.69 Å². The molecule has 1 aliphatic heterocycles. The molecule has 25 heavy (non-hydrogen) atoms. The predicted molar refractivity (Wildman–Crippen MR) is 107 cm³/mol. The zero-order valence-electron chi connectivity index (χ0n) is 14.0. The number of thiocarbonyl (C=S) groups is 1. The van der Waals surface area contributed by atoms with Crippen molar-refractivity contribution in [3.05, 3.63) is 69.2 Å². The molecule has 1 amide bonds. The van der Waals surface area contributed by atoms with Crippen LogP contribution in [0.4, 0.5) is 0 Å². The average Bonchev–Trinajstić information content (AvgIpc) is 2.86. The third kappa shape index (κ3) is 2.61. The molecule has 0 bridgehead atoms. The van der Waals surface area contributed by atoms with Crippen LogP contribution in [0.1, 0.15) is 35.1 Å². The monoisotopic (exact) mass is 414 g/mol. The van der Waals surface area contributed by atoms with Crippen LogP contribution in [0.3, 0.4) is 0 Å². The van der Waals surface area contributed by atoms with E-state index in [2.05, 4.69) is 39.4 Å². The number of fused-ring (bicyclic) bond motifs is 1. The van der Waals surface area contributed by atoms with Gasteiger partial charge in [0.25, 0.3) is 5.91 Å². The molecule has 1 aliphatic carbocycles. The number of aryl methyl sites for hydroxylation is 2. The third-order valence-corrected chi connectivity index (χ3v) is 6.13. The largest absolute Gasteiger partial charge is 0.341 e. The van der Waals surface area contributed by atoms with E-state index >= 15 is 0 Å². The molecule has 0 radical (unpaired) electrons. The molecule has 128 valence electrons. The number of carbonyl (C=O) groups excluding carboxylic acids is 1. The quantitative estimate of drug-likeness (QED) is 0.755. The van der Waals surface area contributed by atoms with Gasteiger partial charge >= 0.3 is 0 Å². The fourth-order valence-electron chi connectivity index (χ4n) is 3.89. The highest BCUT2D eigenvalue weighted by atomic mass is 79.9. The van der Waals surface area contributed by atoms with Gasteiger partial charge in [0.05, 0.1) is 0 Å². The van der Waals surface area contributed by atoms with Crippen LogP contribution in [0.2, 0.25) is 0 Å². The summed E-state index contributed by atoms with van der Waals surface area (Å²) in [6, 6.07) is 14.4. The van der Waals surface area contributed by atoms with Gasteiger partial charge in [-0.15, -0.1) is 0 Å². The second-order valence-corrected chi connectivity index (χ2v) is 8.05. The topological polar surface area (TPSA) is 32.3 Å². The lowest BCUT2D eigenvalue weighted by Crippen LogP contribution is -2.45. The van der Waals surface area contributed by atoms with E-state index in [4.69, 9.17) is 12.2 Å². The fourth-order valence-corrected chi connectivity index (χ4v) is 4.52. The highest BCUT2D eigenvalue weighted by molar-refractivity contribution is 9.10. The zero-order chi connectivity index (χ0) is 17.6. The molecule has 5 heteroatoms. The fraction of sp³-hybridized carbons (Fsp3) is 0.300. The van der Waals surface area contributed by atoms with Crippen molar-refractivity contribution in [1.29, 1.82) is 0 Å². The van der Waals surface area contributed by atoms with Crippen LogP contribution < -0.4 is 5.32 Å². The molecule has 1 atom stereocenters. The van der Waals surface area contributed by atoms with Gasteiger partial charge in [-0.2, -0.15) is 0 Å². The molecule has 0 aromatic heterocycles. The lowest BCUT2D eigenvalue weighted by molar-refractivity contribution is -0.129. The molecule has 1 fully saturated rings. The first-order valence-electron chi connectivity index (χ1n) is 8.51. The molecule has 4 rings (SSSR count). The molecule has 2 aromatic carbocycles. The Bertz CT molecular complexity index is 882. The second kappa shape index (κ2) is 6.22. The summed E-state index contributed by atoms with van der Waals surface area (Å²) >= 11 is 8.93. The Labute approximate surface area is 161 Å². The van der Waals surface area contributed by atoms with Crippen LogP contribution in [0.5, 0.6) is 0 Å². The summed E-state index contributed by atoms with van der Waals surface area (Å²) < 4.78 is 0.942. The number of nitrogens with zero attached hydrogens (tertiary/aromatic N) is 1. The van der Waals surface area contributed by atoms with Crippen molar-refractivity contribution >= 4 is 39.2 Å².